The van der Waals surface area contributed by atoms with Crippen molar-refractivity contribution in [2.24, 2.45) is 5.92 Å². The van der Waals surface area contributed by atoms with Gasteiger partial charge in [-0.1, -0.05) is 18.2 Å². The predicted molar refractivity (Wildman–Crippen MR) is 76.8 cm³/mol. The maximum atomic E-state index is 12.7. The Morgan fingerprint density at radius 3 is 3.15 bits per heavy atom. The molecule has 1 amide bonds. The maximum absolute atomic E-state index is 12.7. The fourth-order valence-corrected chi connectivity index (χ4v) is 3.56. The summed E-state index contributed by atoms with van der Waals surface area (Å²) in [4.78, 5) is 14.7. The lowest BCUT2D eigenvalue weighted by Gasteiger charge is -2.22. The lowest BCUT2D eigenvalue weighted by Crippen LogP contribution is -2.38. The molecular weight excluding hydrogens is 252 g/mol. The zero-order valence-electron chi connectivity index (χ0n) is 11.6. The van der Waals surface area contributed by atoms with E-state index in [1.807, 2.05) is 36.1 Å². The minimum atomic E-state index is 0.0387. The van der Waals surface area contributed by atoms with Crippen molar-refractivity contribution in [1.29, 1.82) is 0 Å². The van der Waals surface area contributed by atoms with Gasteiger partial charge in [-0.2, -0.15) is 0 Å². The molecule has 104 valence electrons. The average Bonchev–Trinajstić information content (AvgIpc) is 3.12. The van der Waals surface area contributed by atoms with E-state index in [4.69, 9.17) is 4.42 Å². The van der Waals surface area contributed by atoms with Crippen LogP contribution in [-0.2, 0) is 0 Å². The molecule has 0 spiro atoms. The molecule has 0 unspecified atom stereocenters. The van der Waals surface area contributed by atoms with Crippen LogP contribution in [-0.4, -0.2) is 36.5 Å². The van der Waals surface area contributed by atoms with Crippen LogP contribution >= 0.6 is 0 Å². The third-order valence-corrected chi connectivity index (χ3v) is 4.66. The zero-order chi connectivity index (χ0) is 13.7. The highest BCUT2D eigenvalue weighted by Crippen LogP contribution is 2.30. The van der Waals surface area contributed by atoms with Crippen molar-refractivity contribution in [1.82, 2.24) is 10.2 Å². The van der Waals surface area contributed by atoms with Gasteiger partial charge in [0.15, 0.2) is 5.76 Å². The second kappa shape index (κ2) is 4.35. The summed E-state index contributed by atoms with van der Waals surface area (Å²) in [6.07, 6.45) is 1.10. The summed E-state index contributed by atoms with van der Waals surface area (Å²) in [6, 6.07) is 8.21. The van der Waals surface area contributed by atoms with E-state index >= 15 is 0 Å². The number of benzene rings is 1. The highest BCUT2D eigenvalue weighted by atomic mass is 16.3. The minimum Gasteiger partial charge on any atom is -0.451 e. The summed E-state index contributed by atoms with van der Waals surface area (Å²) in [5.41, 5.74) is 1.90. The molecule has 2 aromatic rings. The zero-order valence-corrected chi connectivity index (χ0v) is 11.6. The molecule has 4 rings (SSSR count). The summed E-state index contributed by atoms with van der Waals surface area (Å²) in [7, 11) is 0. The molecule has 2 atom stereocenters. The molecule has 4 heteroatoms. The topological polar surface area (TPSA) is 45.5 Å². The molecule has 20 heavy (non-hydrogen) atoms. The normalized spacial score (nSPS) is 25.4. The lowest BCUT2D eigenvalue weighted by atomic mass is 10.1. The number of carbonyl (C=O) groups is 1. The first-order chi connectivity index (χ1) is 9.74. The second-order valence-electron chi connectivity index (χ2n) is 5.88. The van der Waals surface area contributed by atoms with Gasteiger partial charge in [0.2, 0.25) is 0 Å². The molecule has 2 saturated heterocycles. The van der Waals surface area contributed by atoms with Crippen molar-refractivity contribution in [2.45, 2.75) is 19.4 Å². The van der Waals surface area contributed by atoms with Crippen molar-refractivity contribution in [2.75, 3.05) is 19.6 Å². The van der Waals surface area contributed by atoms with Crippen molar-refractivity contribution in [3.63, 3.8) is 0 Å². The van der Waals surface area contributed by atoms with Crippen molar-refractivity contribution >= 4 is 16.9 Å². The van der Waals surface area contributed by atoms with Crippen molar-refractivity contribution in [3.8, 4) is 0 Å². The van der Waals surface area contributed by atoms with E-state index in [-0.39, 0.29) is 5.91 Å². The number of nitrogens with zero attached hydrogens (tertiary/aromatic N) is 1. The maximum Gasteiger partial charge on any atom is 0.289 e. The van der Waals surface area contributed by atoms with E-state index in [2.05, 4.69) is 5.32 Å². The number of hydrogen-bond acceptors (Lipinski definition) is 3. The van der Waals surface area contributed by atoms with Gasteiger partial charge in [0.05, 0.1) is 0 Å². The number of fused-ring (bicyclic) bond motifs is 2. The number of amides is 1. The largest absolute Gasteiger partial charge is 0.451 e. The van der Waals surface area contributed by atoms with Gasteiger partial charge in [-0.3, -0.25) is 4.79 Å². The number of nitrogens with one attached hydrogen (secondary N) is 1. The van der Waals surface area contributed by atoms with E-state index in [0.29, 0.717) is 17.7 Å². The summed E-state index contributed by atoms with van der Waals surface area (Å²) in [6.45, 7) is 4.81. The second-order valence-corrected chi connectivity index (χ2v) is 5.88. The number of para-hydroxylation sites is 1. The molecule has 3 heterocycles. The Morgan fingerprint density at radius 1 is 1.40 bits per heavy atom. The Hall–Kier alpha value is -1.81. The Labute approximate surface area is 117 Å². The van der Waals surface area contributed by atoms with Gasteiger partial charge in [-0.05, 0) is 30.9 Å². The Morgan fingerprint density at radius 2 is 2.30 bits per heavy atom. The van der Waals surface area contributed by atoms with E-state index in [1.54, 1.807) is 0 Å². The van der Waals surface area contributed by atoms with Gasteiger partial charge in [0.1, 0.15) is 5.58 Å². The first-order valence-electron chi connectivity index (χ1n) is 7.25. The van der Waals surface area contributed by atoms with Gasteiger partial charge >= 0.3 is 0 Å². The predicted octanol–water partition coefficient (Wildman–Crippen LogP) is 2.18. The first kappa shape index (κ1) is 12.0. The van der Waals surface area contributed by atoms with Crippen LogP contribution < -0.4 is 5.32 Å². The van der Waals surface area contributed by atoms with Crippen LogP contribution in [0.25, 0.3) is 11.0 Å². The molecule has 2 fully saturated rings. The van der Waals surface area contributed by atoms with E-state index in [9.17, 15) is 4.79 Å². The molecule has 4 nitrogen and oxygen atoms in total. The highest BCUT2D eigenvalue weighted by molar-refractivity contribution is 5.97. The smallest absolute Gasteiger partial charge is 0.289 e. The van der Waals surface area contributed by atoms with Gasteiger partial charge < -0.3 is 14.6 Å². The fourth-order valence-electron chi connectivity index (χ4n) is 3.56. The van der Waals surface area contributed by atoms with E-state index < -0.39 is 0 Å². The Bertz CT molecular complexity index is 676. The number of furan rings is 1. The molecule has 1 N–H and O–H groups in total. The molecule has 2 aliphatic rings. The Kier molecular flexibility index (Phi) is 2.60. The molecular formula is C16H18N2O2. The summed E-state index contributed by atoms with van der Waals surface area (Å²) >= 11 is 0. The number of carbonyl (C=O) groups excluding carboxylic acids is 1. The Balaban J connectivity index is 1.68. The average molecular weight is 270 g/mol. The molecule has 1 aromatic heterocycles. The van der Waals surface area contributed by atoms with Crippen molar-refractivity contribution < 1.29 is 9.21 Å². The molecule has 0 saturated carbocycles. The molecule has 1 aromatic carbocycles. The van der Waals surface area contributed by atoms with Gasteiger partial charge in [-0.15, -0.1) is 0 Å². The fraction of sp³-hybridized carbons (Fsp3) is 0.438. The van der Waals surface area contributed by atoms with Gasteiger partial charge in [0.25, 0.3) is 5.91 Å². The van der Waals surface area contributed by atoms with Crippen LogP contribution in [0.15, 0.2) is 28.7 Å². The number of aryl methyl sites for hydroxylation is 1. The highest BCUT2D eigenvalue weighted by Gasteiger charge is 2.40. The standard InChI is InChI=1S/C16H18N2O2/c1-10-3-2-4-11-7-14(20-15(10)11)16(19)18-6-5-12-8-17-9-13(12)18/h2-4,7,12-13,17H,5-6,8-9H2,1H3/t12-,13+/m0/s1. The van der Waals surface area contributed by atoms with Gasteiger partial charge in [-0.25, -0.2) is 0 Å². The summed E-state index contributed by atoms with van der Waals surface area (Å²) in [5, 5.41) is 4.38. The van der Waals surface area contributed by atoms with Crippen LogP contribution in [0.4, 0.5) is 0 Å². The quantitative estimate of drug-likeness (QED) is 0.864. The van der Waals surface area contributed by atoms with Gasteiger partial charge in [0, 0.05) is 31.1 Å². The van der Waals surface area contributed by atoms with Crippen LogP contribution in [0.5, 0.6) is 0 Å². The number of likely N-dealkylation sites (tertiary alicyclic amines) is 1. The van der Waals surface area contributed by atoms with E-state index in [1.165, 1.54) is 0 Å². The van der Waals surface area contributed by atoms with Crippen LogP contribution in [0.3, 0.4) is 0 Å². The first-order valence-corrected chi connectivity index (χ1v) is 7.25. The molecule has 0 bridgehead atoms. The molecule has 0 radical (unpaired) electrons. The third kappa shape index (κ3) is 1.68. The monoisotopic (exact) mass is 270 g/mol. The minimum absolute atomic E-state index is 0.0387. The molecule has 2 aliphatic heterocycles. The molecule has 0 aliphatic carbocycles. The van der Waals surface area contributed by atoms with Crippen LogP contribution in [0, 0.1) is 12.8 Å². The van der Waals surface area contributed by atoms with Crippen LogP contribution in [0.1, 0.15) is 22.5 Å². The van der Waals surface area contributed by atoms with E-state index in [0.717, 1.165) is 42.6 Å². The number of rotatable bonds is 1. The SMILES string of the molecule is Cc1cccc2cc(C(=O)N3CC[C@H]4CNC[C@H]43)oc12. The summed E-state index contributed by atoms with van der Waals surface area (Å²) in [5.74, 6) is 1.13. The summed E-state index contributed by atoms with van der Waals surface area (Å²) < 4.78 is 5.81. The lowest BCUT2D eigenvalue weighted by molar-refractivity contribution is 0.0707. The number of hydrogen-bond donors (Lipinski definition) is 1. The van der Waals surface area contributed by atoms with Crippen LogP contribution in [0.2, 0.25) is 0 Å². The van der Waals surface area contributed by atoms with Crippen molar-refractivity contribution in [3.05, 3.63) is 35.6 Å². The third-order valence-electron chi connectivity index (χ3n) is 4.66.